The van der Waals surface area contributed by atoms with E-state index in [0.717, 1.165) is 5.54 Å². The van der Waals surface area contributed by atoms with Crippen molar-refractivity contribution in [3.8, 4) is 0 Å². The molecule has 97 heavy (non-hydrogen) atoms. The van der Waals surface area contributed by atoms with E-state index in [-0.39, 0.29) is 6.54 Å². The van der Waals surface area contributed by atoms with Crippen molar-refractivity contribution in [3.05, 3.63) is 0 Å². The quantitative estimate of drug-likeness (QED) is 0.0225. The predicted octanol–water partition coefficient (Wildman–Crippen LogP) is 0.601. The molecule has 0 rings (SSSR count). The Kier molecular flexibility index (Phi) is 48.5. The third kappa shape index (κ3) is 60.0. The highest BCUT2D eigenvalue weighted by atomic mass is 31.2. The number of hydrogen-bond donors (Lipinski definition) is 17. The van der Waals surface area contributed by atoms with Gasteiger partial charge in [0.1, 0.15) is 0 Å². The standard InChI is InChI=1S/C29H74FN2O52P13/c1-31-22-28(24-81-85(33,34)35)26-83-96(57,58)79-20-18-77-94(53,54)75-16-14-73-92(49,50)71-12-10-69-90(45,46)67-8-6-65-88(41,42)63-4-2-61-87(39,40)62-3-5-64-89(43,44)66-7-9-68-91(47,48)70-11-13-72-93(51,52)74-15-17-76-95(55,56)78-19-21-80-97(59,60)84-27-29(23-32-30)25-82-86(36,37)38/h28-29,31-32H,2-27H2,1H3,(H,39,40)(H,41,42)(H,43,44)(H,45,46)(H,47,48)(H,49,50)(H,51,52)(H,53,54)(H,55,56)(H,57,58)(H,59,60)(H2,33,34,35)(H2,36,37,38). The molecule has 0 spiro atoms. The second-order valence-electron chi connectivity index (χ2n) is 16.6. The molecule has 0 aliphatic rings. The van der Waals surface area contributed by atoms with E-state index in [9.17, 15) is 118 Å². The van der Waals surface area contributed by atoms with Crippen LogP contribution in [0.5, 0.6) is 0 Å². The van der Waals surface area contributed by atoms with Gasteiger partial charge in [-0.3, -0.25) is 109 Å². The van der Waals surface area contributed by atoms with Crippen LogP contribution in [-0.2, 0) is 168 Å². The maximum atomic E-state index is 12.4. The molecule has 0 heterocycles. The third-order valence-electron chi connectivity index (χ3n) is 8.68. The Morgan fingerprint density at radius 1 is 0.227 bits per heavy atom. The van der Waals surface area contributed by atoms with Gasteiger partial charge >= 0.3 is 102 Å². The van der Waals surface area contributed by atoms with Crippen LogP contribution in [0.4, 0.5) is 4.48 Å². The fourth-order valence-electron chi connectivity index (χ4n) is 5.00. The van der Waals surface area contributed by atoms with Gasteiger partial charge in [-0.15, -0.1) is 4.48 Å². The summed E-state index contributed by atoms with van der Waals surface area (Å²) in [6.45, 7) is -22.0. The Balaban J connectivity index is 4.32. The SMILES string of the molecule is CNCC(COP(=O)(O)O)COP(=O)(O)OCCOP(=O)(O)OCCOP(=O)(O)OCCOP(=O)(O)OCCOP(=O)(O)OCCOP(=O)(O)OCCOP(=O)(O)OCCOP(=O)(O)OCCOP(=O)(O)OCCOP(=O)(O)OCCOP(=O)(O)OCC(CNF)COP(=O)(O)O. The maximum Gasteiger partial charge on any atom is 0.472 e. The Hall–Kier alpha value is 1.28. The first-order valence-electron chi connectivity index (χ1n) is 25.5. The summed E-state index contributed by atoms with van der Waals surface area (Å²) in [6, 6.07) is 0. The van der Waals surface area contributed by atoms with Gasteiger partial charge in [0.2, 0.25) is 0 Å². The summed E-state index contributed by atoms with van der Waals surface area (Å²) < 4.78 is 274. The minimum atomic E-state index is -5.03. The summed E-state index contributed by atoms with van der Waals surface area (Å²) in [5.41, 5.74) is 1.14. The Bertz CT molecular complexity index is 2720. The molecule has 68 heteroatoms. The monoisotopic (exact) mass is 1700 g/mol. The van der Waals surface area contributed by atoms with Crippen molar-refractivity contribution in [2.45, 2.75) is 0 Å². The van der Waals surface area contributed by atoms with Gasteiger partial charge < -0.3 is 78.7 Å². The molecule has 0 amide bonds. The molecule has 0 saturated heterocycles. The molecule has 0 aliphatic heterocycles. The van der Waals surface area contributed by atoms with Crippen LogP contribution < -0.4 is 10.9 Å². The van der Waals surface area contributed by atoms with Gasteiger partial charge in [-0.05, 0) is 7.05 Å². The topological polar surface area (TPSA) is 771 Å². The molecule has 0 aromatic carbocycles. The van der Waals surface area contributed by atoms with Crippen molar-refractivity contribution in [2.75, 3.05) is 179 Å². The number of halogens is 1. The fraction of sp³-hybridized carbons (Fsp3) is 1.00. The van der Waals surface area contributed by atoms with Crippen LogP contribution in [0.25, 0.3) is 0 Å². The van der Waals surface area contributed by atoms with Gasteiger partial charge in [0.15, 0.2) is 0 Å². The van der Waals surface area contributed by atoms with Gasteiger partial charge in [0.05, 0.1) is 159 Å². The first-order chi connectivity index (χ1) is 44.3. The molecule has 0 bridgehead atoms. The van der Waals surface area contributed by atoms with E-state index in [4.69, 9.17) is 24.1 Å². The number of phosphoric acid groups is 13. The lowest BCUT2D eigenvalue weighted by molar-refractivity contribution is 0.0695. The van der Waals surface area contributed by atoms with Gasteiger partial charge in [-0.1, -0.05) is 0 Å². The average molecular weight is 1700 g/mol. The van der Waals surface area contributed by atoms with Crippen LogP contribution in [0.15, 0.2) is 0 Å². The second kappa shape index (κ2) is 47.8. The van der Waals surface area contributed by atoms with Crippen LogP contribution in [0.1, 0.15) is 0 Å². The normalized spacial score (nSPS) is 20.2. The molecule has 54 nitrogen and oxygen atoms in total. The zero-order chi connectivity index (χ0) is 74.4. The largest absolute Gasteiger partial charge is 0.472 e. The van der Waals surface area contributed by atoms with E-state index in [0.29, 0.717) is 0 Å². The van der Waals surface area contributed by atoms with Crippen LogP contribution in [0.3, 0.4) is 0 Å². The Morgan fingerprint density at radius 2 is 0.351 bits per heavy atom. The molecular weight excluding hydrogens is 1630 g/mol. The van der Waals surface area contributed by atoms with Gasteiger partial charge in [-0.2, -0.15) is 5.54 Å². The third-order valence-corrected chi connectivity index (χ3v) is 20.8. The molecule has 584 valence electrons. The summed E-state index contributed by atoms with van der Waals surface area (Å²) in [7, 11) is -63.2. The van der Waals surface area contributed by atoms with Crippen molar-refractivity contribution in [1.82, 2.24) is 10.9 Å². The highest BCUT2D eigenvalue weighted by Crippen LogP contribution is 2.52. The van der Waals surface area contributed by atoms with E-state index < -0.39 is 279 Å². The second-order valence-corrected chi connectivity index (χ2v) is 35.1. The number of phosphoric ester groups is 13. The molecule has 13 unspecified atom stereocenters. The average Bonchev–Trinajstić information content (AvgIpc) is 1.43. The number of nitrogens with one attached hydrogen (secondary N) is 2. The molecule has 0 radical (unpaired) electrons. The van der Waals surface area contributed by atoms with Gasteiger partial charge in [0, 0.05) is 24.9 Å². The smallest absolute Gasteiger partial charge is 0.319 e. The van der Waals surface area contributed by atoms with Crippen LogP contribution >= 0.6 is 102 Å². The fourth-order valence-corrected chi connectivity index (χ4v) is 13.5. The first-order valence-corrected chi connectivity index (χ1v) is 45.0. The first kappa shape index (κ1) is 98.3. The molecule has 0 saturated carbocycles. The van der Waals surface area contributed by atoms with E-state index in [1.807, 2.05) is 0 Å². The van der Waals surface area contributed by atoms with Crippen LogP contribution in [-0.4, -0.2) is 252 Å². The van der Waals surface area contributed by atoms with Crippen LogP contribution in [0, 0.1) is 11.8 Å². The summed E-state index contributed by atoms with van der Waals surface area (Å²) in [6.07, 6.45) is 0. The molecule has 0 aliphatic carbocycles. The Labute approximate surface area is 547 Å². The summed E-state index contributed by atoms with van der Waals surface area (Å²) in [5, 5.41) is 2.63. The molecule has 0 aromatic rings. The lowest BCUT2D eigenvalue weighted by Gasteiger charge is -2.19. The molecular formula is C29H74FN2O52P13. The van der Waals surface area contributed by atoms with Crippen LogP contribution in [0.2, 0.25) is 0 Å². The van der Waals surface area contributed by atoms with E-state index >= 15 is 0 Å². The van der Waals surface area contributed by atoms with E-state index in [1.54, 1.807) is 0 Å². The van der Waals surface area contributed by atoms with Gasteiger partial charge in [-0.25, -0.2) is 59.3 Å². The van der Waals surface area contributed by atoms with Crippen molar-refractivity contribution < 1.29 is 246 Å². The summed E-state index contributed by atoms with van der Waals surface area (Å²) >= 11 is 0. The highest BCUT2D eigenvalue weighted by molar-refractivity contribution is 7.50. The zero-order valence-corrected chi connectivity index (χ0v) is 61.2. The lowest BCUT2D eigenvalue weighted by Crippen LogP contribution is -2.26. The highest BCUT2D eigenvalue weighted by Gasteiger charge is 2.33. The minimum absolute atomic E-state index is 0.0291. The molecule has 0 fully saturated rings. The predicted molar refractivity (Wildman–Crippen MR) is 305 cm³/mol. The summed E-state index contributed by atoms with van der Waals surface area (Å²) in [4.78, 5) is 142. The number of hydrogen-bond acceptors (Lipinski definition) is 39. The van der Waals surface area contributed by atoms with Crippen molar-refractivity contribution in [3.63, 3.8) is 0 Å². The minimum Gasteiger partial charge on any atom is -0.319 e. The Morgan fingerprint density at radius 3 is 0.474 bits per heavy atom. The molecule has 0 aromatic heterocycles. The van der Waals surface area contributed by atoms with Crippen molar-refractivity contribution in [2.24, 2.45) is 11.8 Å². The lowest BCUT2D eigenvalue weighted by atomic mass is 10.2. The molecule has 17 N–H and O–H groups in total. The van der Waals surface area contributed by atoms with Crippen molar-refractivity contribution in [1.29, 1.82) is 0 Å². The maximum absolute atomic E-state index is 12.4. The van der Waals surface area contributed by atoms with Gasteiger partial charge in [0.25, 0.3) is 0 Å². The summed E-state index contributed by atoms with van der Waals surface area (Å²) in [5.74, 6) is -2.04. The van der Waals surface area contributed by atoms with E-state index in [2.05, 4.69) is 109 Å². The van der Waals surface area contributed by atoms with Crippen molar-refractivity contribution >= 4 is 102 Å². The van der Waals surface area contributed by atoms with E-state index in [1.165, 1.54) is 7.05 Å². The zero-order valence-electron chi connectivity index (χ0n) is 49.5. The molecule has 13 atom stereocenters. The number of rotatable bonds is 66.